The molecule has 2 saturated heterocycles. The van der Waals surface area contributed by atoms with E-state index in [1.165, 1.54) is 19.3 Å². The smallest absolute Gasteiger partial charge is 0.312 e. The molecule has 0 aromatic heterocycles. The largest absolute Gasteiger partial charge is 0.353 e. The Morgan fingerprint density at radius 1 is 1.00 bits per heavy atom. The van der Waals surface area contributed by atoms with Crippen molar-refractivity contribution in [2.75, 3.05) is 26.2 Å². The number of piperidine rings is 2. The molecule has 26 heavy (non-hydrogen) atoms. The van der Waals surface area contributed by atoms with Crippen molar-refractivity contribution in [2.24, 2.45) is 0 Å². The van der Waals surface area contributed by atoms with E-state index in [4.69, 9.17) is 0 Å². The molecule has 0 bridgehead atoms. The minimum Gasteiger partial charge on any atom is -0.353 e. The Morgan fingerprint density at radius 3 is 2.23 bits per heavy atom. The van der Waals surface area contributed by atoms with Crippen LogP contribution in [0.5, 0.6) is 0 Å². The van der Waals surface area contributed by atoms with Gasteiger partial charge in [0.05, 0.1) is 0 Å². The van der Waals surface area contributed by atoms with Gasteiger partial charge in [0.2, 0.25) is 5.91 Å². The maximum absolute atomic E-state index is 12.5. The van der Waals surface area contributed by atoms with Crippen LogP contribution in [0.15, 0.2) is 0 Å². The SMILES string of the molecule is C[C@@H]1CCC[C@@H](C)N1C(=O)C(=O)N[C@H](C)C(=O)NCCN1CCCCC1. The average Bonchev–Trinajstić information content (AvgIpc) is 2.62. The number of nitrogens with one attached hydrogen (secondary N) is 2. The molecular formula is C19H34N4O3. The second-order valence-electron chi connectivity index (χ2n) is 7.73. The first-order valence-electron chi connectivity index (χ1n) is 10.0. The Balaban J connectivity index is 1.74. The summed E-state index contributed by atoms with van der Waals surface area (Å²) >= 11 is 0. The monoisotopic (exact) mass is 366 g/mol. The Bertz CT molecular complexity index is 495. The first kappa shape index (κ1) is 20.7. The van der Waals surface area contributed by atoms with Crippen LogP contribution < -0.4 is 10.6 Å². The van der Waals surface area contributed by atoms with E-state index in [0.717, 1.165) is 38.9 Å². The molecule has 0 radical (unpaired) electrons. The summed E-state index contributed by atoms with van der Waals surface area (Å²) in [7, 11) is 0. The van der Waals surface area contributed by atoms with Crippen LogP contribution in [0, 0.1) is 0 Å². The van der Waals surface area contributed by atoms with Crippen LogP contribution in [0.25, 0.3) is 0 Å². The Morgan fingerprint density at radius 2 is 1.62 bits per heavy atom. The molecule has 2 fully saturated rings. The van der Waals surface area contributed by atoms with Crippen LogP contribution in [0.4, 0.5) is 0 Å². The molecule has 0 unspecified atom stereocenters. The van der Waals surface area contributed by atoms with Crippen LogP contribution >= 0.6 is 0 Å². The molecule has 2 N–H and O–H groups in total. The van der Waals surface area contributed by atoms with E-state index in [1.807, 2.05) is 13.8 Å². The molecule has 148 valence electrons. The molecule has 2 aliphatic heterocycles. The topological polar surface area (TPSA) is 81.8 Å². The minimum absolute atomic E-state index is 0.0608. The number of hydrogen-bond acceptors (Lipinski definition) is 4. The highest BCUT2D eigenvalue weighted by Gasteiger charge is 2.33. The fourth-order valence-electron chi connectivity index (χ4n) is 3.94. The van der Waals surface area contributed by atoms with Gasteiger partial charge >= 0.3 is 11.8 Å². The molecule has 7 heteroatoms. The van der Waals surface area contributed by atoms with Gasteiger partial charge < -0.3 is 20.4 Å². The van der Waals surface area contributed by atoms with Crippen molar-refractivity contribution in [1.29, 1.82) is 0 Å². The van der Waals surface area contributed by atoms with Crippen LogP contribution in [0.2, 0.25) is 0 Å². The summed E-state index contributed by atoms with van der Waals surface area (Å²) in [5.74, 6) is -1.47. The number of carbonyl (C=O) groups is 3. The lowest BCUT2D eigenvalue weighted by atomic mass is 9.97. The maximum Gasteiger partial charge on any atom is 0.312 e. The molecule has 3 atom stereocenters. The zero-order chi connectivity index (χ0) is 19.1. The van der Waals surface area contributed by atoms with Gasteiger partial charge in [-0.2, -0.15) is 0 Å². The highest BCUT2D eigenvalue weighted by atomic mass is 16.2. The lowest BCUT2D eigenvalue weighted by Gasteiger charge is -2.38. The van der Waals surface area contributed by atoms with Gasteiger partial charge in [-0.05, 0) is 66.0 Å². The first-order chi connectivity index (χ1) is 12.4. The third kappa shape index (κ3) is 5.69. The summed E-state index contributed by atoms with van der Waals surface area (Å²) in [6, 6.07) is -0.598. The highest BCUT2D eigenvalue weighted by molar-refractivity contribution is 6.35. The summed E-state index contributed by atoms with van der Waals surface area (Å²) in [5.41, 5.74) is 0. The fourth-order valence-corrected chi connectivity index (χ4v) is 3.94. The molecule has 0 spiro atoms. The van der Waals surface area contributed by atoms with Gasteiger partial charge in [0.25, 0.3) is 0 Å². The van der Waals surface area contributed by atoms with Gasteiger partial charge in [0.1, 0.15) is 6.04 Å². The van der Waals surface area contributed by atoms with E-state index in [2.05, 4.69) is 15.5 Å². The second kappa shape index (κ2) is 9.90. The molecule has 2 heterocycles. The third-order valence-electron chi connectivity index (χ3n) is 5.54. The average molecular weight is 367 g/mol. The third-order valence-corrected chi connectivity index (χ3v) is 5.54. The lowest BCUT2D eigenvalue weighted by molar-refractivity contribution is -0.150. The first-order valence-corrected chi connectivity index (χ1v) is 10.0. The summed E-state index contributed by atoms with van der Waals surface area (Å²) in [6.07, 6.45) is 6.62. The Hall–Kier alpha value is -1.63. The van der Waals surface area contributed by atoms with Crippen molar-refractivity contribution in [3.05, 3.63) is 0 Å². The summed E-state index contributed by atoms with van der Waals surface area (Å²) in [6.45, 7) is 9.12. The molecule has 2 aliphatic rings. The van der Waals surface area contributed by atoms with Crippen molar-refractivity contribution in [3.63, 3.8) is 0 Å². The predicted octanol–water partition coefficient (Wildman–Crippen LogP) is 0.883. The van der Waals surface area contributed by atoms with Gasteiger partial charge in [0, 0.05) is 25.2 Å². The van der Waals surface area contributed by atoms with Gasteiger partial charge in [-0.3, -0.25) is 14.4 Å². The van der Waals surface area contributed by atoms with E-state index in [0.29, 0.717) is 6.54 Å². The second-order valence-corrected chi connectivity index (χ2v) is 7.73. The maximum atomic E-state index is 12.5. The number of amides is 3. The summed E-state index contributed by atoms with van der Waals surface area (Å²) in [4.78, 5) is 40.9. The zero-order valence-corrected chi connectivity index (χ0v) is 16.4. The predicted molar refractivity (Wildman–Crippen MR) is 101 cm³/mol. The number of hydrogen-bond donors (Lipinski definition) is 2. The Kier molecular flexibility index (Phi) is 7.87. The molecule has 7 nitrogen and oxygen atoms in total. The van der Waals surface area contributed by atoms with Gasteiger partial charge in [-0.1, -0.05) is 6.42 Å². The van der Waals surface area contributed by atoms with Crippen molar-refractivity contribution in [1.82, 2.24) is 20.4 Å². The van der Waals surface area contributed by atoms with Crippen molar-refractivity contribution in [3.8, 4) is 0 Å². The van der Waals surface area contributed by atoms with Gasteiger partial charge in [-0.15, -0.1) is 0 Å². The summed E-state index contributed by atoms with van der Waals surface area (Å²) < 4.78 is 0. The van der Waals surface area contributed by atoms with Crippen LogP contribution in [0.3, 0.4) is 0 Å². The highest BCUT2D eigenvalue weighted by Crippen LogP contribution is 2.22. The van der Waals surface area contributed by atoms with Crippen molar-refractivity contribution < 1.29 is 14.4 Å². The van der Waals surface area contributed by atoms with Crippen LogP contribution in [-0.4, -0.2) is 71.8 Å². The molecule has 0 aromatic carbocycles. The Labute approximate surface area is 156 Å². The quantitative estimate of drug-likeness (QED) is 0.708. The number of nitrogens with zero attached hydrogens (tertiary/aromatic N) is 2. The molecule has 3 amide bonds. The van der Waals surface area contributed by atoms with Crippen molar-refractivity contribution in [2.45, 2.75) is 77.4 Å². The molecule has 0 aliphatic carbocycles. The van der Waals surface area contributed by atoms with E-state index in [-0.39, 0.29) is 18.0 Å². The molecule has 0 aromatic rings. The minimum atomic E-state index is -0.719. The van der Waals surface area contributed by atoms with E-state index >= 15 is 0 Å². The van der Waals surface area contributed by atoms with Crippen molar-refractivity contribution >= 4 is 17.7 Å². The molecular weight excluding hydrogens is 332 g/mol. The number of rotatable bonds is 5. The van der Waals surface area contributed by atoms with Gasteiger partial charge in [0.15, 0.2) is 0 Å². The lowest BCUT2D eigenvalue weighted by Crippen LogP contribution is -2.55. The van der Waals surface area contributed by atoms with E-state index < -0.39 is 17.9 Å². The van der Waals surface area contributed by atoms with Crippen LogP contribution in [0.1, 0.15) is 59.3 Å². The van der Waals surface area contributed by atoms with E-state index in [9.17, 15) is 14.4 Å². The molecule has 2 rings (SSSR count). The molecule has 0 saturated carbocycles. The van der Waals surface area contributed by atoms with Crippen LogP contribution in [-0.2, 0) is 14.4 Å². The number of carbonyl (C=O) groups excluding carboxylic acids is 3. The zero-order valence-electron chi connectivity index (χ0n) is 16.4. The normalized spacial score (nSPS) is 25.4. The summed E-state index contributed by atoms with van der Waals surface area (Å²) in [5, 5.41) is 5.40. The fraction of sp³-hybridized carbons (Fsp3) is 0.842. The van der Waals surface area contributed by atoms with E-state index in [1.54, 1.807) is 11.8 Å². The standard InChI is InChI=1S/C19H34N4O3/c1-14-8-7-9-15(2)23(14)19(26)18(25)21-16(3)17(24)20-10-13-22-11-5-4-6-12-22/h14-16H,4-13H2,1-3H3,(H,20,24)(H,21,25)/t14-,15-,16-/m1/s1. The van der Waals surface area contributed by atoms with Gasteiger partial charge in [-0.25, -0.2) is 0 Å². The number of likely N-dealkylation sites (tertiary alicyclic amines) is 2.